The minimum absolute atomic E-state index is 0.0584. The van der Waals surface area contributed by atoms with E-state index in [1.807, 2.05) is 0 Å². The number of hydrogen-bond acceptors (Lipinski definition) is 6. The molecule has 0 atom stereocenters. The number of rotatable bonds is 14. The molecular formula is C35H32F6N2O6. The predicted molar refractivity (Wildman–Crippen MR) is 168 cm³/mol. The highest BCUT2D eigenvalue weighted by Gasteiger charge is 2.72. The summed E-state index contributed by atoms with van der Waals surface area (Å²) in [5, 5.41) is 0. The fourth-order valence-corrected chi connectivity index (χ4v) is 5.24. The van der Waals surface area contributed by atoms with Gasteiger partial charge < -0.3 is 30.4 Å². The summed E-state index contributed by atoms with van der Waals surface area (Å²) in [6.07, 6.45) is -11.7. The molecular weight excluding hydrogens is 658 g/mol. The van der Waals surface area contributed by atoms with E-state index in [9.17, 15) is 35.9 Å². The number of nitrogens with two attached hydrogens (primary N) is 2. The van der Waals surface area contributed by atoms with Gasteiger partial charge in [0.2, 0.25) is 5.41 Å². The number of amides is 2. The van der Waals surface area contributed by atoms with Gasteiger partial charge >= 0.3 is 12.4 Å². The van der Waals surface area contributed by atoms with Crippen LogP contribution in [0.5, 0.6) is 11.5 Å². The van der Waals surface area contributed by atoms with Crippen LogP contribution in [-0.4, -0.2) is 51.0 Å². The van der Waals surface area contributed by atoms with Crippen LogP contribution in [0.4, 0.5) is 26.3 Å². The molecule has 0 saturated heterocycles. The largest absolute Gasteiger partial charge is 0.467 e. The van der Waals surface area contributed by atoms with Crippen molar-refractivity contribution >= 4 is 11.8 Å². The molecule has 260 valence electrons. The van der Waals surface area contributed by atoms with Gasteiger partial charge in [-0.1, -0.05) is 60.7 Å². The number of carbonyl (C=O) groups is 2. The zero-order chi connectivity index (χ0) is 36.0. The molecule has 0 heterocycles. The quantitative estimate of drug-likeness (QED) is 0.0809. The van der Waals surface area contributed by atoms with Crippen LogP contribution in [0.25, 0.3) is 22.3 Å². The smallest absolute Gasteiger partial charge is 0.411 e. The second-order valence-electron chi connectivity index (χ2n) is 10.6. The molecule has 4 N–H and O–H groups in total. The highest BCUT2D eigenvalue weighted by molar-refractivity contribution is 5.97. The van der Waals surface area contributed by atoms with Gasteiger partial charge in [0.15, 0.2) is 13.6 Å². The topological polar surface area (TPSA) is 123 Å². The molecule has 0 aliphatic carbocycles. The van der Waals surface area contributed by atoms with Crippen LogP contribution in [0.3, 0.4) is 0 Å². The molecule has 14 heteroatoms. The van der Waals surface area contributed by atoms with Crippen LogP contribution in [0.1, 0.15) is 45.7 Å². The summed E-state index contributed by atoms with van der Waals surface area (Å²) in [6.45, 7) is 3.80. The van der Waals surface area contributed by atoms with Gasteiger partial charge in [-0.25, -0.2) is 0 Å². The van der Waals surface area contributed by atoms with Gasteiger partial charge in [-0.3, -0.25) is 9.59 Å². The standard InChI is InChI=1S/C35H32F6N2O6/c1-3-46-19-48-29-15-9-23(17-27(29)31(42)44)21-5-11-25(12-6-21)33(34(36,37)38,35(39,40)41)26-13-7-22(8-14-26)24-10-16-30(49-20-47-4-2)28(18-24)32(43)45/h5-18H,3-4,19-20H2,1-2H3,(H2,42,44)(H2,43,45). The maximum absolute atomic E-state index is 14.8. The molecule has 0 radical (unpaired) electrons. The lowest BCUT2D eigenvalue weighted by Crippen LogP contribution is -2.54. The normalized spacial score (nSPS) is 12.1. The third-order valence-corrected chi connectivity index (χ3v) is 7.65. The maximum Gasteiger partial charge on any atom is 0.411 e. The van der Waals surface area contributed by atoms with Crippen molar-refractivity contribution in [2.24, 2.45) is 11.5 Å². The number of benzene rings is 4. The lowest BCUT2D eigenvalue weighted by molar-refractivity contribution is -0.288. The first-order valence-electron chi connectivity index (χ1n) is 14.8. The number of alkyl halides is 6. The first kappa shape index (κ1) is 36.8. The summed E-state index contributed by atoms with van der Waals surface area (Å²) in [6, 6.07) is 15.7. The van der Waals surface area contributed by atoms with E-state index in [4.69, 9.17) is 30.4 Å². The number of ether oxygens (including phenoxy) is 4. The van der Waals surface area contributed by atoms with Crippen molar-refractivity contribution in [3.63, 3.8) is 0 Å². The van der Waals surface area contributed by atoms with Crippen molar-refractivity contribution in [3.05, 3.63) is 107 Å². The molecule has 4 rings (SSSR count). The Balaban J connectivity index is 1.75. The van der Waals surface area contributed by atoms with E-state index in [2.05, 4.69) is 0 Å². The zero-order valence-electron chi connectivity index (χ0n) is 26.3. The average Bonchev–Trinajstić information content (AvgIpc) is 3.05. The molecule has 4 aromatic carbocycles. The van der Waals surface area contributed by atoms with Crippen molar-refractivity contribution in [1.29, 1.82) is 0 Å². The predicted octanol–water partition coefficient (Wildman–Crippen LogP) is 7.37. The molecule has 0 aliphatic heterocycles. The van der Waals surface area contributed by atoms with E-state index in [0.29, 0.717) is 24.3 Å². The Morgan fingerprint density at radius 1 is 0.551 bits per heavy atom. The Bertz CT molecular complexity index is 1640. The maximum atomic E-state index is 14.8. The van der Waals surface area contributed by atoms with Gasteiger partial charge in [0, 0.05) is 13.2 Å². The summed E-state index contributed by atoms with van der Waals surface area (Å²) in [7, 11) is 0. The summed E-state index contributed by atoms with van der Waals surface area (Å²) >= 11 is 0. The molecule has 0 unspecified atom stereocenters. The molecule has 0 saturated carbocycles. The van der Waals surface area contributed by atoms with Gasteiger partial charge in [0.05, 0.1) is 11.1 Å². The van der Waals surface area contributed by atoms with Gasteiger partial charge in [-0.15, -0.1) is 0 Å². The second-order valence-corrected chi connectivity index (χ2v) is 10.6. The SMILES string of the molecule is CCOCOc1ccc(-c2ccc(C(c3ccc(-c4ccc(OCOCC)c(C(N)=O)c4)cc3)(C(F)(F)F)C(F)(F)F)cc2)cc1C(N)=O. The molecule has 0 bridgehead atoms. The van der Waals surface area contributed by atoms with Crippen LogP contribution in [0, 0.1) is 0 Å². The highest BCUT2D eigenvalue weighted by atomic mass is 19.4. The summed E-state index contributed by atoms with van der Waals surface area (Å²) < 4.78 is 110. The molecule has 0 aliphatic rings. The third-order valence-electron chi connectivity index (χ3n) is 7.65. The Labute approximate surface area is 277 Å². The molecule has 8 nitrogen and oxygen atoms in total. The van der Waals surface area contributed by atoms with Crippen molar-refractivity contribution in [1.82, 2.24) is 0 Å². The Hall–Kier alpha value is -5.08. The Morgan fingerprint density at radius 3 is 1.16 bits per heavy atom. The van der Waals surface area contributed by atoms with Crippen LogP contribution >= 0.6 is 0 Å². The Kier molecular flexibility index (Phi) is 11.2. The number of primary amides is 2. The highest BCUT2D eigenvalue weighted by Crippen LogP contribution is 2.56. The van der Waals surface area contributed by atoms with Crippen LogP contribution < -0.4 is 20.9 Å². The van der Waals surface area contributed by atoms with E-state index in [1.165, 1.54) is 36.4 Å². The summed E-state index contributed by atoms with van der Waals surface area (Å²) in [5.74, 6) is -1.54. The summed E-state index contributed by atoms with van der Waals surface area (Å²) in [5.41, 5.74) is 5.26. The van der Waals surface area contributed by atoms with Crippen LogP contribution in [-0.2, 0) is 14.9 Å². The van der Waals surface area contributed by atoms with Crippen molar-refractivity contribution in [3.8, 4) is 33.8 Å². The van der Waals surface area contributed by atoms with Crippen molar-refractivity contribution in [2.45, 2.75) is 31.6 Å². The fraction of sp³-hybridized carbons (Fsp3) is 0.257. The lowest BCUT2D eigenvalue weighted by atomic mass is 9.72. The van der Waals surface area contributed by atoms with E-state index in [0.717, 1.165) is 48.5 Å². The Morgan fingerprint density at radius 2 is 0.878 bits per heavy atom. The van der Waals surface area contributed by atoms with E-state index >= 15 is 0 Å². The third kappa shape index (κ3) is 7.65. The second kappa shape index (κ2) is 15.0. The van der Waals surface area contributed by atoms with E-state index < -0.39 is 40.7 Å². The van der Waals surface area contributed by atoms with E-state index in [1.54, 1.807) is 13.8 Å². The number of carbonyl (C=O) groups excluding carboxylic acids is 2. The molecule has 0 fully saturated rings. The first-order valence-corrected chi connectivity index (χ1v) is 14.8. The summed E-state index contributed by atoms with van der Waals surface area (Å²) in [4.78, 5) is 24.1. The van der Waals surface area contributed by atoms with Crippen molar-refractivity contribution in [2.75, 3.05) is 26.8 Å². The van der Waals surface area contributed by atoms with Crippen molar-refractivity contribution < 1.29 is 54.9 Å². The lowest BCUT2D eigenvalue weighted by Gasteiger charge is -2.38. The molecule has 0 aromatic heterocycles. The van der Waals surface area contributed by atoms with E-state index in [-0.39, 0.29) is 47.3 Å². The molecule has 0 spiro atoms. The minimum atomic E-state index is -5.83. The monoisotopic (exact) mass is 690 g/mol. The van der Waals surface area contributed by atoms with Gasteiger partial charge in [-0.2, -0.15) is 26.3 Å². The fourth-order valence-electron chi connectivity index (χ4n) is 5.24. The molecule has 49 heavy (non-hydrogen) atoms. The molecule has 2 amide bonds. The number of halogens is 6. The van der Waals surface area contributed by atoms with Gasteiger partial charge in [0.25, 0.3) is 11.8 Å². The van der Waals surface area contributed by atoms with Crippen LogP contribution in [0.15, 0.2) is 84.9 Å². The average molecular weight is 691 g/mol. The molecule has 4 aromatic rings. The van der Waals surface area contributed by atoms with Crippen LogP contribution in [0.2, 0.25) is 0 Å². The zero-order valence-corrected chi connectivity index (χ0v) is 26.3. The number of hydrogen-bond donors (Lipinski definition) is 2. The first-order chi connectivity index (χ1) is 23.1. The van der Waals surface area contributed by atoms with Gasteiger partial charge in [0.1, 0.15) is 11.5 Å². The van der Waals surface area contributed by atoms with Gasteiger partial charge in [-0.05, 0) is 71.5 Å². The minimum Gasteiger partial charge on any atom is -0.467 e.